The first kappa shape index (κ1) is 11.9. The molecule has 1 saturated heterocycles. The fourth-order valence-electron chi connectivity index (χ4n) is 1.95. The summed E-state index contributed by atoms with van der Waals surface area (Å²) in [5, 5.41) is 12.8. The fraction of sp³-hybridized carbons (Fsp3) is 0.500. The molecule has 2 N–H and O–H groups in total. The van der Waals surface area contributed by atoms with Crippen molar-refractivity contribution in [3.05, 3.63) is 28.2 Å². The van der Waals surface area contributed by atoms with Crippen LogP contribution in [0.1, 0.15) is 18.6 Å². The maximum atomic E-state index is 9.50. The minimum Gasteiger partial charge on any atom is -0.389 e. The Morgan fingerprint density at radius 1 is 1.38 bits per heavy atom. The van der Waals surface area contributed by atoms with Crippen LogP contribution in [-0.2, 0) is 0 Å². The monoisotopic (exact) mass is 284 g/mol. The average Bonchev–Trinajstić information content (AvgIpc) is 2.30. The topological polar surface area (TPSA) is 35.5 Å². The van der Waals surface area contributed by atoms with Crippen LogP contribution in [0, 0.1) is 0 Å². The molecule has 1 fully saturated rings. The Hall–Kier alpha value is -0.580. The molecule has 0 spiro atoms. The maximum absolute atomic E-state index is 9.50. The van der Waals surface area contributed by atoms with E-state index in [1.165, 1.54) is 5.69 Å². The van der Waals surface area contributed by atoms with Crippen LogP contribution in [0.4, 0.5) is 5.69 Å². The van der Waals surface area contributed by atoms with Crippen LogP contribution in [0.2, 0.25) is 0 Å². The second-order valence-electron chi connectivity index (χ2n) is 4.12. The average molecular weight is 285 g/mol. The first-order valence-corrected chi connectivity index (χ1v) is 6.41. The van der Waals surface area contributed by atoms with E-state index in [1.54, 1.807) is 6.92 Å². The highest BCUT2D eigenvalue weighted by Gasteiger charge is 2.14. The summed E-state index contributed by atoms with van der Waals surface area (Å²) in [5.41, 5.74) is 2.16. The quantitative estimate of drug-likeness (QED) is 0.871. The van der Waals surface area contributed by atoms with Gasteiger partial charge in [-0.3, -0.25) is 0 Å². The zero-order chi connectivity index (χ0) is 11.5. The normalized spacial score (nSPS) is 18.6. The highest BCUT2D eigenvalue weighted by Crippen LogP contribution is 2.29. The smallest absolute Gasteiger partial charge is 0.0762 e. The van der Waals surface area contributed by atoms with E-state index in [0.29, 0.717) is 0 Å². The molecule has 1 heterocycles. The van der Waals surface area contributed by atoms with Crippen LogP contribution in [0.25, 0.3) is 0 Å². The van der Waals surface area contributed by atoms with Crippen LogP contribution in [0.15, 0.2) is 22.7 Å². The third-order valence-corrected chi connectivity index (χ3v) is 3.55. The van der Waals surface area contributed by atoms with Crippen LogP contribution >= 0.6 is 15.9 Å². The van der Waals surface area contributed by atoms with Crippen molar-refractivity contribution in [2.75, 3.05) is 31.1 Å². The van der Waals surface area contributed by atoms with Crippen molar-refractivity contribution in [2.45, 2.75) is 13.0 Å². The highest BCUT2D eigenvalue weighted by molar-refractivity contribution is 9.10. The lowest BCUT2D eigenvalue weighted by Gasteiger charge is -2.30. The molecule has 0 saturated carbocycles. The third kappa shape index (κ3) is 2.56. The van der Waals surface area contributed by atoms with Crippen LogP contribution < -0.4 is 10.2 Å². The summed E-state index contributed by atoms with van der Waals surface area (Å²) < 4.78 is 1.06. The van der Waals surface area contributed by atoms with Gasteiger partial charge in [-0.05, 0) is 40.5 Å². The lowest BCUT2D eigenvalue weighted by Crippen LogP contribution is -2.43. The van der Waals surface area contributed by atoms with Gasteiger partial charge in [0.2, 0.25) is 0 Å². The van der Waals surface area contributed by atoms with E-state index in [4.69, 9.17) is 0 Å². The van der Waals surface area contributed by atoms with Gasteiger partial charge in [-0.15, -0.1) is 0 Å². The Balaban J connectivity index is 2.21. The predicted molar refractivity (Wildman–Crippen MR) is 69.9 cm³/mol. The predicted octanol–water partition coefficient (Wildman–Crippen LogP) is 1.91. The molecule has 1 aromatic carbocycles. The number of hydrogen-bond donors (Lipinski definition) is 2. The SMILES string of the molecule is C[C@@H](O)c1ccc(N2CCNCC2)c(Br)c1. The second kappa shape index (κ2) is 5.17. The van der Waals surface area contributed by atoms with Crippen molar-refractivity contribution in [3.63, 3.8) is 0 Å². The Morgan fingerprint density at radius 2 is 2.06 bits per heavy atom. The molecule has 0 bridgehead atoms. The Kier molecular flexibility index (Phi) is 3.84. The highest BCUT2D eigenvalue weighted by atomic mass is 79.9. The number of halogens is 1. The van der Waals surface area contributed by atoms with Gasteiger partial charge in [0.15, 0.2) is 0 Å². The first-order chi connectivity index (χ1) is 7.68. The molecule has 0 aliphatic carbocycles. The summed E-state index contributed by atoms with van der Waals surface area (Å²) in [6.45, 7) is 5.92. The van der Waals surface area contributed by atoms with Crippen molar-refractivity contribution in [2.24, 2.45) is 0 Å². The molecule has 3 nitrogen and oxygen atoms in total. The number of hydrogen-bond acceptors (Lipinski definition) is 3. The summed E-state index contributed by atoms with van der Waals surface area (Å²) in [6, 6.07) is 6.08. The standard InChI is InChI=1S/C12H17BrN2O/c1-9(16)10-2-3-12(11(13)8-10)15-6-4-14-5-7-15/h2-3,8-9,14,16H,4-7H2,1H3/t9-/m1/s1. The zero-order valence-corrected chi connectivity index (χ0v) is 11.0. The molecule has 88 valence electrons. The fourth-order valence-corrected chi connectivity index (χ4v) is 2.59. The van der Waals surface area contributed by atoms with E-state index >= 15 is 0 Å². The molecular formula is C12H17BrN2O. The second-order valence-corrected chi connectivity index (χ2v) is 4.98. The molecule has 16 heavy (non-hydrogen) atoms. The van der Waals surface area contributed by atoms with Gasteiger partial charge in [-0.2, -0.15) is 0 Å². The minimum atomic E-state index is -0.409. The number of anilines is 1. The Morgan fingerprint density at radius 3 is 2.62 bits per heavy atom. The lowest BCUT2D eigenvalue weighted by atomic mass is 10.1. The molecule has 4 heteroatoms. The van der Waals surface area contributed by atoms with E-state index in [1.807, 2.05) is 12.1 Å². The van der Waals surface area contributed by atoms with E-state index in [9.17, 15) is 5.11 Å². The Bertz CT molecular complexity index is 362. The van der Waals surface area contributed by atoms with Crippen molar-refractivity contribution in [1.29, 1.82) is 0 Å². The van der Waals surface area contributed by atoms with Gasteiger partial charge in [0.25, 0.3) is 0 Å². The summed E-state index contributed by atoms with van der Waals surface area (Å²) in [4.78, 5) is 2.35. The molecule has 1 aromatic rings. The van der Waals surface area contributed by atoms with Crippen LogP contribution in [-0.4, -0.2) is 31.3 Å². The number of piperazine rings is 1. The van der Waals surface area contributed by atoms with Crippen molar-refractivity contribution in [1.82, 2.24) is 5.32 Å². The number of benzene rings is 1. The maximum Gasteiger partial charge on any atom is 0.0762 e. The van der Waals surface area contributed by atoms with E-state index in [-0.39, 0.29) is 0 Å². The van der Waals surface area contributed by atoms with Crippen molar-refractivity contribution < 1.29 is 5.11 Å². The molecule has 0 aromatic heterocycles. The molecule has 1 aliphatic rings. The molecule has 1 atom stereocenters. The minimum absolute atomic E-state index is 0.409. The van der Waals surface area contributed by atoms with Gasteiger partial charge in [-0.25, -0.2) is 0 Å². The number of aliphatic hydroxyl groups is 1. The molecule has 2 rings (SSSR count). The van der Waals surface area contributed by atoms with Gasteiger partial charge >= 0.3 is 0 Å². The van der Waals surface area contributed by atoms with Crippen LogP contribution in [0.5, 0.6) is 0 Å². The number of nitrogens with zero attached hydrogens (tertiary/aromatic N) is 1. The number of nitrogens with one attached hydrogen (secondary N) is 1. The first-order valence-electron chi connectivity index (χ1n) is 5.61. The number of rotatable bonds is 2. The van der Waals surface area contributed by atoms with Crippen molar-refractivity contribution >= 4 is 21.6 Å². The lowest BCUT2D eigenvalue weighted by molar-refractivity contribution is 0.199. The zero-order valence-electron chi connectivity index (χ0n) is 9.41. The molecule has 0 amide bonds. The van der Waals surface area contributed by atoms with Gasteiger partial charge in [-0.1, -0.05) is 6.07 Å². The molecule has 0 radical (unpaired) electrons. The summed E-state index contributed by atoms with van der Waals surface area (Å²) in [7, 11) is 0. The van der Waals surface area contributed by atoms with E-state index in [0.717, 1.165) is 36.2 Å². The van der Waals surface area contributed by atoms with Gasteiger partial charge in [0, 0.05) is 30.7 Å². The number of aliphatic hydroxyl groups excluding tert-OH is 1. The van der Waals surface area contributed by atoms with Crippen LogP contribution in [0.3, 0.4) is 0 Å². The summed E-state index contributed by atoms with van der Waals surface area (Å²) in [6.07, 6.45) is -0.409. The Labute approximate surface area is 105 Å². The van der Waals surface area contributed by atoms with Gasteiger partial charge in [0.1, 0.15) is 0 Å². The van der Waals surface area contributed by atoms with E-state index in [2.05, 4.69) is 32.2 Å². The van der Waals surface area contributed by atoms with Gasteiger partial charge in [0.05, 0.1) is 11.8 Å². The van der Waals surface area contributed by atoms with E-state index < -0.39 is 6.10 Å². The molecule has 1 aliphatic heterocycles. The summed E-state index contributed by atoms with van der Waals surface area (Å²) >= 11 is 3.58. The molecular weight excluding hydrogens is 268 g/mol. The molecule has 0 unspecified atom stereocenters. The summed E-state index contributed by atoms with van der Waals surface area (Å²) in [5.74, 6) is 0. The van der Waals surface area contributed by atoms with Gasteiger partial charge < -0.3 is 15.3 Å². The third-order valence-electron chi connectivity index (χ3n) is 2.91. The van der Waals surface area contributed by atoms with Crippen molar-refractivity contribution in [3.8, 4) is 0 Å². The largest absolute Gasteiger partial charge is 0.389 e.